The lowest BCUT2D eigenvalue weighted by Crippen LogP contribution is -2.49. The Balaban J connectivity index is 1.63. The van der Waals surface area contributed by atoms with E-state index in [2.05, 4.69) is 6.58 Å². The molecule has 0 unspecified atom stereocenters. The molecule has 200 valence electrons. The molecular formula is C26H30O11. The Kier molecular flexibility index (Phi) is 5.89. The lowest BCUT2D eigenvalue weighted by molar-refractivity contribution is -0.177. The molecule has 0 bridgehead atoms. The topological polar surface area (TPSA) is 143 Å². The molecule has 5 aliphatic rings. The molecule has 4 aliphatic heterocycles. The van der Waals surface area contributed by atoms with Crippen molar-refractivity contribution in [2.24, 2.45) is 5.92 Å². The van der Waals surface area contributed by atoms with E-state index in [9.17, 15) is 19.2 Å². The number of carbonyl (C=O) groups excluding carboxylic acids is 4. The molecule has 0 aromatic heterocycles. The van der Waals surface area contributed by atoms with E-state index in [1.807, 2.05) is 0 Å². The molecular weight excluding hydrogens is 488 g/mol. The molecule has 11 nitrogen and oxygen atoms in total. The largest absolute Gasteiger partial charge is 0.466 e. The van der Waals surface area contributed by atoms with Gasteiger partial charge in [0.25, 0.3) is 0 Å². The van der Waals surface area contributed by atoms with Crippen LogP contribution in [-0.4, -0.2) is 84.9 Å². The zero-order valence-corrected chi connectivity index (χ0v) is 21.5. The first kappa shape index (κ1) is 25.6. The minimum absolute atomic E-state index is 0.00289. The van der Waals surface area contributed by atoms with Crippen molar-refractivity contribution < 1.29 is 52.3 Å². The highest BCUT2D eigenvalue weighted by Crippen LogP contribution is 2.44. The van der Waals surface area contributed by atoms with E-state index in [-0.39, 0.29) is 17.3 Å². The highest BCUT2D eigenvalue weighted by molar-refractivity contribution is 5.93. The number of rotatable bonds is 5. The number of hydrogen-bond donors (Lipinski definition) is 0. The van der Waals surface area contributed by atoms with Gasteiger partial charge in [0.15, 0.2) is 23.4 Å². The third-order valence-corrected chi connectivity index (χ3v) is 7.95. The van der Waals surface area contributed by atoms with Gasteiger partial charge < -0.3 is 33.2 Å². The molecule has 11 heteroatoms. The molecule has 4 heterocycles. The molecule has 0 spiro atoms. The molecule has 4 fully saturated rings. The number of methoxy groups -OCH3 is 1. The molecule has 0 N–H and O–H groups in total. The average molecular weight is 519 g/mol. The summed E-state index contributed by atoms with van der Waals surface area (Å²) in [4.78, 5) is 52.2. The fourth-order valence-electron chi connectivity index (χ4n) is 4.87. The molecule has 0 aromatic rings. The summed E-state index contributed by atoms with van der Waals surface area (Å²) >= 11 is 0. The Morgan fingerprint density at radius 3 is 2.08 bits per heavy atom. The summed E-state index contributed by atoms with van der Waals surface area (Å²) in [6.07, 6.45) is -2.37. The van der Waals surface area contributed by atoms with Crippen LogP contribution in [-0.2, 0) is 52.3 Å². The van der Waals surface area contributed by atoms with E-state index < -0.39 is 77.6 Å². The van der Waals surface area contributed by atoms with E-state index in [0.29, 0.717) is 0 Å². The van der Waals surface area contributed by atoms with Gasteiger partial charge in [0, 0.05) is 5.57 Å². The summed E-state index contributed by atoms with van der Waals surface area (Å²) in [5.74, 6) is -4.03. The van der Waals surface area contributed by atoms with Crippen LogP contribution in [0.1, 0.15) is 34.6 Å². The molecule has 1 aliphatic carbocycles. The Labute approximate surface area is 213 Å². The van der Waals surface area contributed by atoms with Crippen molar-refractivity contribution in [1.82, 2.24) is 0 Å². The van der Waals surface area contributed by atoms with E-state index in [0.717, 1.165) is 5.57 Å². The second kappa shape index (κ2) is 8.50. The Hall–Kier alpha value is -3.02. The maximum absolute atomic E-state index is 13.3. The molecule has 0 radical (unpaired) electrons. The minimum Gasteiger partial charge on any atom is -0.466 e. The number of fused-ring (bicyclic) bond motifs is 2. The molecule has 4 saturated heterocycles. The first-order valence-electron chi connectivity index (χ1n) is 12.1. The van der Waals surface area contributed by atoms with Gasteiger partial charge in [0.1, 0.15) is 18.3 Å². The second-order valence-corrected chi connectivity index (χ2v) is 10.4. The summed E-state index contributed by atoms with van der Waals surface area (Å²) in [7, 11) is 1.18. The first-order valence-corrected chi connectivity index (χ1v) is 12.1. The highest BCUT2D eigenvalue weighted by atomic mass is 16.7. The van der Waals surface area contributed by atoms with Crippen LogP contribution in [0.25, 0.3) is 0 Å². The Morgan fingerprint density at radius 2 is 1.54 bits per heavy atom. The van der Waals surface area contributed by atoms with Crippen molar-refractivity contribution in [3.8, 4) is 0 Å². The first-order chi connectivity index (χ1) is 17.3. The normalized spacial score (nSPS) is 45.1. The third-order valence-electron chi connectivity index (χ3n) is 7.95. The zero-order valence-electron chi connectivity index (χ0n) is 21.5. The van der Waals surface area contributed by atoms with Crippen LogP contribution in [0.4, 0.5) is 0 Å². The van der Waals surface area contributed by atoms with Gasteiger partial charge >= 0.3 is 23.9 Å². The molecule has 37 heavy (non-hydrogen) atoms. The smallest absolute Gasteiger partial charge is 0.341 e. The van der Waals surface area contributed by atoms with Crippen LogP contribution in [0.3, 0.4) is 0 Å². The maximum atomic E-state index is 13.3. The van der Waals surface area contributed by atoms with Crippen molar-refractivity contribution in [3.63, 3.8) is 0 Å². The average Bonchev–Trinajstić information content (AvgIpc) is 3.79. The second-order valence-electron chi connectivity index (χ2n) is 10.4. The Morgan fingerprint density at radius 1 is 0.973 bits per heavy atom. The lowest BCUT2D eigenvalue weighted by atomic mass is 9.83. The summed E-state index contributed by atoms with van der Waals surface area (Å²) in [6.45, 7) is 12.2. The fraction of sp³-hybridized carbons (Fsp3) is 0.615. The highest BCUT2D eigenvalue weighted by Gasteiger charge is 2.62. The SMILES string of the molecule is C=C1C(=O)O[C@@H]2/C=C(\C)[C@@H]3O[C@@H]3C=C(C(=O)OC)[C@H](OC(=O)[C@]3(C)O[C@@H]3C)[C@@H](OC(=O)[C@]3(C)O[C@@H]3C)[C@@H]12. The number of carbonyl (C=O) groups is 4. The molecule has 0 saturated carbocycles. The third kappa shape index (κ3) is 4.18. The molecule has 0 amide bonds. The maximum Gasteiger partial charge on any atom is 0.341 e. The van der Waals surface area contributed by atoms with E-state index in [1.165, 1.54) is 13.2 Å². The van der Waals surface area contributed by atoms with Crippen LogP contribution in [0.5, 0.6) is 0 Å². The summed E-state index contributed by atoms with van der Waals surface area (Å²) in [6, 6.07) is 0. The summed E-state index contributed by atoms with van der Waals surface area (Å²) in [5, 5.41) is 0. The van der Waals surface area contributed by atoms with Crippen molar-refractivity contribution in [1.29, 1.82) is 0 Å². The van der Waals surface area contributed by atoms with Gasteiger partial charge in [-0.05, 0) is 52.3 Å². The Bertz CT molecular complexity index is 1150. The number of epoxide rings is 3. The van der Waals surface area contributed by atoms with Gasteiger partial charge in [0.2, 0.25) is 0 Å². The van der Waals surface area contributed by atoms with Crippen LogP contribution in [0, 0.1) is 5.92 Å². The molecule has 5 rings (SSSR count). The minimum atomic E-state index is -1.50. The van der Waals surface area contributed by atoms with Gasteiger partial charge in [-0.1, -0.05) is 6.58 Å². The van der Waals surface area contributed by atoms with Gasteiger partial charge in [-0.3, -0.25) is 0 Å². The van der Waals surface area contributed by atoms with Crippen LogP contribution in [0.2, 0.25) is 0 Å². The van der Waals surface area contributed by atoms with Gasteiger partial charge in [0.05, 0.1) is 30.8 Å². The summed E-state index contributed by atoms with van der Waals surface area (Å²) < 4.78 is 39.0. The molecule has 10 atom stereocenters. The van der Waals surface area contributed by atoms with Gasteiger partial charge in [-0.2, -0.15) is 0 Å². The molecule has 0 aromatic carbocycles. The van der Waals surface area contributed by atoms with Crippen LogP contribution in [0.15, 0.2) is 35.5 Å². The quantitative estimate of drug-likeness (QED) is 0.170. The van der Waals surface area contributed by atoms with E-state index in [1.54, 1.807) is 40.7 Å². The number of hydrogen-bond acceptors (Lipinski definition) is 11. The van der Waals surface area contributed by atoms with E-state index in [4.69, 9.17) is 33.2 Å². The van der Waals surface area contributed by atoms with Crippen molar-refractivity contribution >= 4 is 23.9 Å². The van der Waals surface area contributed by atoms with Gasteiger partial charge in [-0.25, -0.2) is 19.2 Å². The lowest BCUT2D eigenvalue weighted by Gasteiger charge is -2.34. The van der Waals surface area contributed by atoms with Gasteiger partial charge in [-0.15, -0.1) is 0 Å². The zero-order chi connectivity index (χ0) is 27.0. The number of ether oxygens (including phenoxy) is 7. The fourth-order valence-corrected chi connectivity index (χ4v) is 4.87. The van der Waals surface area contributed by atoms with E-state index >= 15 is 0 Å². The standard InChI is InChI=1S/C26H30O11/c1-10-8-15-17(11(2)21(27)33-15)20(35-24(30)26(6)13(4)37-26)19(34-23(29)25(5)12(3)36-25)14(22(28)31-7)9-16-18(10)32-16/h8-9,12-13,15-20H,2H2,1,3-7H3/b10-8+,14-9?/t12-,13-,15-,16-,17+,18+,19+,20+,25-,26-/m1/s1. The number of esters is 4. The van der Waals surface area contributed by atoms with Crippen LogP contribution < -0.4 is 0 Å². The van der Waals surface area contributed by atoms with Crippen molar-refractivity contribution in [3.05, 3.63) is 35.5 Å². The summed E-state index contributed by atoms with van der Waals surface area (Å²) in [5.41, 5.74) is -1.84. The van der Waals surface area contributed by atoms with Crippen molar-refractivity contribution in [2.45, 2.75) is 88.5 Å². The monoisotopic (exact) mass is 518 g/mol. The van der Waals surface area contributed by atoms with Crippen molar-refractivity contribution in [2.75, 3.05) is 7.11 Å². The van der Waals surface area contributed by atoms with Crippen LogP contribution >= 0.6 is 0 Å². The predicted octanol–water partition coefficient (Wildman–Crippen LogP) is 1.09. The predicted molar refractivity (Wildman–Crippen MR) is 123 cm³/mol.